The second-order valence-electron chi connectivity index (χ2n) is 2.23. The fourth-order valence-corrected chi connectivity index (χ4v) is 0.627. The van der Waals surface area contributed by atoms with Crippen molar-refractivity contribution in [2.45, 2.75) is 25.6 Å². The SMILES string of the molecule is CCC=C(O)C(O)C(O)CO. The quantitative estimate of drug-likeness (QED) is 0.422. The Labute approximate surface area is 65.4 Å². The van der Waals surface area contributed by atoms with Crippen LogP contribution >= 0.6 is 0 Å². The third kappa shape index (κ3) is 3.36. The van der Waals surface area contributed by atoms with Gasteiger partial charge in [0, 0.05) is 0 Å². The molecule has 0 bridgehead atoms. The van der Waals surface area contributed by atoms with Gasteiger partial charge in [0.05, 0.1) is 6.61 Å². The second-order valence-corrected chi connectivity index (χ2v) is 2.23. The minimum absolute atomic E-state index is 0.297. The predicted molar refractivity (Wildman–Crippen MR) is 40.1 cm³/mol. The lowest BCUT2D eigenvalue weighted by atomic mass is 10.1. The number of hydrogen-bond donors (Lipinski definition) is 4. The first-order valence-electron chi connectivity index (χ1n) is 3.49. The van der Waals surface area contributed by atoms with Crippen LogP contribution in [-0.2, 0) is 0 Å². The largest absolute Gasteiger partial charge is 0.510 e. The third-order valence-electron chi connectivity index (χ3n) is 1.27. The van der Waals surface area contributed by atoms with Crippen LogP contribution in [0, 0.1) is 0 Å². The van der Waals surface area contributed by atoms with Crippen molar-refractivity contribution in [1.82, 2.24) is 0 Å². The summed E-state index contributed by atoms with van der Waals surface area (Å²) in [5.74, 6) is -0.297. The van der Waals surface area contributed by atoms with Crippen LogP contribution in [0.5, 0.6) is 0 Å². The van der Waals surface area contributed by atoms with Crippen LogP contribution in [0.25, 0.3) is 0 Å². The van der Waals surface area contributed by atoms with E-state index >= 15 is 0 Å². The van der Waals surface area contributed by atoms with E-state index < -0.39 is 18.8 Å². The van der Waals surface area contributed by atoms with Crippen molar-refractivity contribution in [2.24, 2.45) is 0 Å². The summed E-state index contributed by atoms with van der Waals surface area (Å²) in [5, 5.41) is 35.1. The van der Waals surface area contributed by atoms with E-state index in [1.165, 1.54) is 6.08 Å². The fourth-order valence-electron chi connectivity index (χ4n) is 0.627. The van der Waals surface area contributed by atoms with Gasteiger partial charge in [0.2, 0.25) is 0 Å². The fraction of sp³-hybridized carbons (Fsp3) is 0.714. The summed E-state index contributed by atoms with van der Waals surface area (Å²) in [6, 6.07) is 0. The van der Waals surface area contributed by atoms with Gasteiger partial charge in [0.15, 0.2) is 0 Å². The molecule has 0 amide bonds. The molecule has 2 unspecified atom stereocenters. The molecular formula is C7H14O4. The molecule has 4 N–H and O–H groups in total. The van der Waals surface area contributed by atoms with E-state index in [0.717, 1.165) is 0 Å². The molecule has 0 rings (SSSR count). The number of aliphatic hydroxyl groups excluding tert-OH is 4. The molecule has 0 aromatic carbocycles. The van der Waals surface area contributed by atoms with Crippen molar-refractivity contribution in [2.75, 3.05) is 6.61 Å². The molecule has 0 aromatic rings. The highest BCUT2D eigenvalue weighted by Gasteiger charge is 2.18. The molecule has 4 heteroatoms. The highest BCUT2D eigenvalue weighted by atomic mass is 16.4. The Kier molecular flexibility index (Phi) is 4.85. The van der Waals surface area contributed by atoms with Crippen LogP contribution in [0.1, 0.15) is 13.3 Å². The maximum absolute atomic E-state index is 8.99. The Morgan fingerprint density at radius 3 is 2.36 bits per heavy atom. The zero-order chi connectivity index (χ0) is 8.85. The molecule has 0 aliphatic heterocycles. The molecule has 0 aromatic heterocycles. The lowest BCUT2D eigenvalue weighted by Crippen LogP contribution is -2.30. The first-order valence-corrected chi connectivity index (χ1v) is 3.49. The topological polar surface area (TPSA) is 80.9 Å². The average molecular weight is 162 g/mol. The van der Waals surface area contributed by atoms with E-state index in [1.54, 1.807) is 6.92 Å². The van der Waals surface area contributed by atoms with Gasteiger partial charge < -0.3 is 20.4 Å². The smallest absolute Gasteiger partial charge is 0.138 e. The third-order valence-corrected chi connectivity index (χ3v) is 1.27. The van der Waals surface area contributed by atoms with E-state index in [-0.39, 0.29) is 5.76 Å². The summed E-state index contributed by atoms with van der Waals surface area (Å²) < 4.78 is 0. The molecule has 0 spiro atoms. The molecule has 0 saturated heterocycles. The minimum Gasteiger partial charge on any atom is -0.510 e. The van der Waals surface area contributed by atoms with Gasteiger partial charge in [-0.15, -0.1) is 0 Å². The van der Waals surface area contributed by atoms with Gasteiger partial charge >= 0.3 is 0 Å². The molecule has 0 fully saturated rings. The van der Waals surface area contributed by atoms with Crippen LogP contribution in [-0.4, -0.2) is 39.2 Å². The van der Waals surface area contributed by atoms with Gasteiger partial charge in [-0.25, -0.2) is 0 Å². The lowest BCUT2D eigenvalue weighted by Gasteiger charge is -2.14. The molecular weight excluding hydrogens is 148 g/mol. The van der Waals surface area contributed by atoms with Crippen LogP contribution in [0.15, 0.2) is 11.8 Å². The Morgan fingerprint density at radius 1 is 1.45 bits per heavy atom. The van der Waals surface area contributed by atoms with Crippen molar-refractivity contribution in [3.63, 3.8) is 0 Å². The Bertz CT molecular complexity index is 132. The number of allylic oxidation sites excluding steroid dienone is 1. The normalized spacial score (nSPS) is 18.0. The molecule has 0 heterocycles. The summed E-state index contributed by atoms with van der Waals surface area (Å²) in [6.45, 7) is 1.22. The predicted octanol–water partition coefficient (Wildman–Crippen LogP) is -0.448. The van der Waals surface area contributed by atoms with Crippen LogP contribution in [0.2, 0.25) is 0 Å². The molecule has 2 atom stereocenters. The van der Waals surface area contributed by atoms with Crippen molar-refractivity contribution >= 4 is 0 Å². The molecule has 0 saturated carbocycles. The van der Waals surface area contributed by atoms with Crippen LogP contribution in [0.4, 0.5) is 0 Å². The van der Waals surface area contributed by atoms with E-state index in [0.29, 0.717) is 6.42 Å². The monoisotopic (exact) mass is 162 g/mol. The highest BCUT2D eigenvalue weighted by Crippen LogP contribution is 2.03. The molecule has 11 heavy (non-hydrogen) atoms. The van der Waals surface area contributed by atoms with Gasteiger partial charge in [-0.1, -0.05) is 6.92 Å². The van der Waals surface area contributed by atoms with E-state index in [4.69, 9.17) is 20.4 Å². The van der Waals surface area contributed by atoms with E-state index in [9.17, 15) is 0 Å². The average Bonchev–Trinajstić information content (AvgIpc) is 2.02. The van der Waals surface area contributed by atoms with E-state index in [2.05, 4.69) is 0 Å². The molecule has 0 radical (unpaired) electrons. The zero-order valence-electron chi connectivity index (χ0n) is 6.44. The second kappa shape index (κ2) is 5.12. The van der Waals surface area contributed by atoms with Gasteiger partial charge in [-0.3, -0.25) is 0 Å². The van der Waals surface area contributed by atoms with Crippen LogP contribution in [0.3, 0.4) is 0 Å². The number of hydrogen-bond acceptors (Lipinski definition) is 4. The van der Waals surface area contributed by atoms with Crippen molar-refractivity contribution in [3.05, 3.63) is 11.8 Å². The number of rotatable bonds is 4. The lowest BCUT2D eigenvalue weighted by molar-refractivity contribution is -0.0135. The maximum Gasteiger partial charge on any atom is 0.138 e. The van der Waals surface area contributed by atoms with Gasteiger partial charge in [0.25, 0.3) is 0 Å². The summed E-state index contributed by atoms with van der Waals surface area (Å²) in [6.07, 6.45) is -0.734. The van der Waals surface area contributed by atoms with Crippen molar-refractivity contribution in [1.29, 1.82) is 0 Å². The van der Waals surface area contributed by atoms with E-state index in [1.807, 2.05) is 0 Å². The maximum atomic E-state index is 8.99. The summed E-state index contributed by atoms with van der Waals surface area (Å²) >= 11 is 0. The number of aliphatic hydroxyl groups is 4. The Balaban J connectivity index is 4.00. The molecule has 0 aliphatic carbocycles. The zero-order valence-corrected chi connectivity index (χ0v) is 6.44. The Hall–Kier alpha value is -0.580. The van der Waals surface area contributed by atoms with Gasteiger partial charge in [-0.05, 0) is 12.5 Å². The van der Waals surface area contributed by atoms with Crippen LogP contribution < -0.4 is 0 Å². The first-order chi connectivity index (χ1) is 5.13. The molecule has 66 valence electrons. The first kappa shape index (κ1) is 10.4. The van der Waals surface area contributed by atoms with Crippen molar-refractivity contribution < 1.29 is 20.4 Å². The van der Waals surface area contributed by atoms with Crippen molar-refractivity contribution in [3.8, 4) is 0 Å². The summed E-state index contributed by atoms with van der Waals surface area (Å²) in [4.78, 5) is 0. The standard InChI is InChI=1S/C7H14O4/c1-2-3-5(9)7(11)6(10)4-8/h3,6-11H,2,4H2,1H3. The summed E-state index contributed by atoms with van der Waals surface area (Å²) in [7, 11) is 0. The Morgan fingerprint density at radius 2 is 2.00 bits per heavy atom. The minimum atomic E-state index is -1.38. The molecule has 0 aliphatic rings. The molecule has 4 nitrogen and oxygen atoms in total. The summed E-state index contributed by atoms with van der Waals surface area (Å²) in [5.41, 5.74) is 0. The van der Waals surface area contributed by atoms with Gasteiger partial charge in [0.1, 0.15) is 18.0 Å². The van der Waals surface area contributed by atoms with Gasteiger partial charge in [-0.2, -0.15) is 0 Å². The highest BCUT2D eigenvalue weighted by molar-refractivity contribution is 4.99.